The lowest BCUT2D eigenvalue weighted by molar-refractivity contribution is -0.187. The van der Waals surface area contributed by atoms with E-state index >= 15 is 0 Å². The zero-order valence-corrected chi connectivity index (χ0v) is 28.4. The zero-order chi connectivity index (χ0) is 38.0. The van der Waals surface area contributed by atoms with E-state index in [1.54, 1.807) is 6.07 Å². The third-order valence-electron chi connectivity index (χ3n) is 7.99. The molecule has 21 heteroatoms. The molecule has 2 heterocycles. The van der Waals surface area contributed by atoms with Crippen molar-refractivity contribution in [2.45, 2.75) is 54.5 Å². The van der Waals surface area contributed by atoms with Gasteiger partial charge in [0.2, 0.25) is 5.13 Å². The fourth-order valence-corrected chi connectivity index (χ4v) is 6.89. The number of carbonyl (C=O) groups is 1. The minimum absolute atomic E-state index is 0.0553. The maximum absolute atomic E-state index is 13.9. The highest BCUT2D eigenvalue weighted by Gasteiger charge is 2.70. The molecule has 268 valence electrons. The molecule has 2 aromatic carbocycles. The van der Waals surface area contributed by atoms with Crippen LogP contribution in [0.5, 0.6) is 0 Å². The second kappa shape index (κ2) is 13.4. The van der Waals surface area contributed by atoms with Crippen LogP contribution in [0.3, 0.4) is 0 Å². The molecule has 51 heavy (non-hydrogen) atoms. The summed E-state index contributed by atoms with van der Waals surface area (Å²) in [5.74, 6) is -5.72. The average molecular weight is 823 g/mol. The normalized spacial score (nSPS) is 20.1. The molecule has 0 radical (unpaired) electrons. The summed E-state index contributed by atoms with van der Waals surface area (Å²) in [5, 5.41) is 21.4. The molecule has 4 aromatic rings. The monoisotopic (exact) mass is 820 g/mol. The molecule has 2 unspecified atom stereocenters. The first-order valence-corrected chi connectivity index (χ1v) is 15.8. The zero-order valence-electron chi connectivity index (χ0n) is 24.6. The number of nitriles is 2. The molecule has 0 aliphatic heterocycles. The van der Waals surface area contributed by atoms with Gasteiger partial charge in [0.25, 0.3) is 0 Å². The summed E-state index contributed by atoms with van der Waals surface area (Å²) in [5.41, 5.74) is -2.41. The Labute approximate surface area is 305 Å². The van der Waals surface area contributed by atoms with Gasteiger partial charge in [-0.25, -0.2) is 22.5 Å². The number of halogens is 14. The van der Waals surface area contributed by atoms with Gasteiger partial charge >= 0.3 is 18.3 Å². The number of benzene rings is 2. The molecule has 0 spiro atoms. The van der Waals surface area contributed by atoms with Gasteiger partial charge in [0, 0.05) is 48.7 Å². The summed E-state index contributed by atoms with van der Waals surface area (Å²) >= 11 is 28.7. The van der Waals surface area contributed by atoms with Gasteiger partial charge in [0.05, 0.1) is 37.1 Å². The molecule has 0 saturated heterocycles. The van der Waals surface area contributed by atoms with E-state index < -0.39 is 62.6 Å². The third-order valence-corrected chi connectivity index (χ3v) is 9.55. The van der Waals surface area contributed by atoms with Gasteiger partial charge in [-0.3, -0.25) is 4.79 Å². The molecule has 2 atom stereocenters. The molecule has 6 rings (SSSR count). The Bertz CT molecular complexity index is 2090. The molecule has 0 N–H and O–H groups in total. The molecule has 0 amide bonds. The Balaban J connectivity index is 0.000000199. The summed E-state index contributed by atoms with van der Waals surface area (Å²) < 4.78 is 120. The first-order chi connectivity index (χ1) is 23.5. The van der Waals surface area contributed by atoms with Gasteiger partial charge in [0.15, 0.2) is 11.4 Å². The van der Waals surface area contributed by atoms with Gasteiger partial charge in [0.1, 0.15) is 29.3 Å². The number of nitrogens with zero attached hydrogens (tertiary/aromatic N) is 6. The highest BCUT2D eigenvalue weighted by atomic mass is 35.5. The Morgan fingerprint density at radius 2 is 1.10 bits per heavy atom. The van der Waals surface area contributed by atoms with Gasteiger partial charge in [-0.2, -0.15) is 47.1 Å². The summed E-state index contributed by atoms with van der Waals surface area (Å²) in [6.45, 7) is 0. The Morgan fingerprint density at radius 3 is 1.41 bits per heavy atom. The largest absolute Gasteiger partial charge is 0.416 e. The number of Topliss-reactive ketones (excluding diaryl/α,β-unsaturated/α-hetero) is 1. The number of ketones is 1. The average Bonchev–Trinajstić information content (AvgIpc) is 3.61. The van der Waals surface area contributed by atoms with Crippen molar-refractivity contribution >= 4 is 63.8 Å². The van der Waals surface area contributed by atoms with Crippen molar-refractivity contribution < 1.29 is 44.3 Å². The molecule has 2 aliphatic carbocycles. The Kier molecular flexibility index (Phi) is 10.1. The first kappa shape index (κ1) is 38.6. The molecular formula is C30H14Cl5F9N6O. The maximum Gasteiger partial charge on any atom is 0.416 e. The lowest BCUT2D eigenvalue weighted by Gasteiger charge is -2.44. The second-order valence-corrected chi connectivity index (χ2v) is 13.5. The first-order valence-electron chi connectivity index (χ1n) is 13.9. The molecule has 7 nitrogen and oxygen atoms in total. The number of rotatable bonds is 4. The van der Waals surface area contributed by atoms with E-state index in [0.29, 0.717) is 30.5 Å². The minimum Gasteiger partial charge on any atom is -0.300 e. The lowest BCUT2D eigenvalue weighted by atomic mass is 9.74. The van der Waals surface area contributed by atoms with Crippen molar-refractivity contribution in [3.63, 3.8) is 0 Å². The quantitative estimate of drug-likeness (QED) is 0.151. The number of carbonyl (C=O) groups excluding carboxylic acids is 1. The lowest BCUT2D eigenvalue weighted by Crippen LogP contribution is -2.56. The van der Waals surface area contributed by atoms with Crippen molar-refractivity contribution in [3.05, 3.63) is 90.4 Å². The summed E-state index contributed by atoms with van der Waals surface area (Å²) in [7, 11) is 0. The van der Waals surface area contributed by atoms with Crippen LogP contribution >= 0.6 is 58.0 Å². The standard InChI is InChI=1S/C15H6Cl3F6N3.C15H8Cl2F3N3O/c16-9-1-6(15(22,23)24)2-10(17)12(9)27-5-7(11(4-25)26-27)8-3-13(18,19)14(8,20)21;16-11-3-8(15(18,19)20)4-12(17)14(11)23-6-10(13(5-21)22-23)7-1-9(24)2-7/h1-2,5,8H,3H2;3-4,6-7H,1-2H2. The van der Waals surface area contributed by atoms with Gasteiger partial charge < -0.3 is 0 Å². The summed E-state index contributed by atoms with van der Waals surface area (Å²) in [4.78, 5) is 11.1. The van der Waals surface area contributed by atoms with Crippen LogP contribution in [0.4, 0.5) is 39.5 Å². The highest BCUT2D eigenvalue weighted by Crippen LogP contribution is 2.61. The van der Waals surface area contributed by atoms with Gasteiger partial charge in [-0.05, 0) is 24.3 Å². The Hall–Kier alpha value is -3.67. The van der Waals surface area contributed by atoms with Crippen LogP contribution in [-0.2, 0) is 17.1 Å². The minimum atomic E-state index is -4.71. The van der Waals surface area contributed by atoms with E-state index in [1.165, 1.54) is 10.9 Å². The highest BCUT2D eigenvalue weighted by molar-refractivity contribution is 6.38. The van der Waals surface area contributed by atoms with Crippen molar-refractivity contribution in [2.24, 2.45) is 0 Å². The predicted molar refractivity (Wildman–Crippen MR) is 166 cm³/mol. The van der Waals surface area contributed by atoms with Crippen molar-refractivity contribution in [2.75, 3.05) is 0 Å². The number of hydrogen-bond donors (Lipinski definition) is 0. The topological polar surface area (TPSA) is 100 Å². The van der Waals surface area contributed by atoms with E-state index in [4.69, 9.17) is 63.3 Å². The molecule has 0 bridgehead atoms. The van der Waals surface area contributed by atoms with E-state index in [2.05, 4.69) is 10.2 Å². The van der Waals surface area contributed by atoms with Crippen molar-refractivity contribution in [1.82, 2.24) is 19.6 Å². The van der Waals surface area contributed by atoms with Gasteiger partial charge in [-0.1, -0.05) is 58.0 Å². The molecule has 2 aliphatic rings. The molecule has 2 saturated carbocycles. The summed E-state index contributed by atoms with van der Waals surface area (Å²) in [6, 6.07) is 6.16. The van der Waals surface area contributed by atoms with Gasteiger partial charge in [-0.15, -0.1) is 0 Å². The molecular weight excluding hydrogens is 809 g/mol. The fourth-order valence-electron chi connectivity index (χ4n) is 5.29. The molecule has 2 fully saturated rings. The van der Waals surface area contributed by atoms with Crippen molar-refractivity contribution in [3.8, 4) is 23.5 Å². The van der Waals surface area contributed by atoms with E-state index in [-0.39, 0.29) is 44.4 Å². The van der Waals surface area contributed by atoms with Crippen LogP contribution in [0, 0.1) is 22.7 Å². The third kappa shape index (κ3) is 7.22. The van der Waals surface area contributed by atoms with E-state index in [9.17, 15) is 49.6 Å². The van der Waals surface area contributed by atoms with E-state index in [0.717, 1.165) is 23.0 Å². The van der Waals surface area contributed by atoms with Crippen molar-refractivity contribution in [1.29, 1.82) is 10.5 Å². The molecule has 2 aromatic heterocycles. The fraction of sp³-hybridized carbons (Fsp3) is 0.300. The van der Waals surface area contributed by atoms with Crippen LogP contribution in [0.1, 0.15) is 64.7 Å². The maximum atomic E-state index is 13.9. The SMILES string of the molecule is N#Cc1nn(-c2c(Cl)cc(C(F)(F)F)cc2Cl)cc1C1CC(=O)C1.N#Cc1nn(-c2c(Cl)cc(C(F)(F)F)cc2Cl)cc1C1CC(F)(Cl)C1(F)F. The predicted octanol–water partition coefficient (Wildman–Crippen LogP) is 10.6. The number of aromatic nitrogens is 4. The smallest absolute Gasteiger partial charge is 0.300 e. The summed E-state index contributed by atoms with van der Waals surface area (Å²) in [6.07, 6.45) is -7.00. The van der Waals surface area contributed by atoms with E-state index in [1.807, 2.05) is 6.07 Å². The van der Waals surface area contributed by atoms with Crippen LogP contribution in [0.25, 0.3) is 11.4 Å². The van der Waals surface area contributed by atoms with Crippen LogP contribution in [0.15, 0.2) is 36.7 Å². The van der Waals surface area contributed by atoms with Crippen LogP contribution in [-0.4, -0.2) is 36.4 Å². The second-order valence-electron chi connectivity index (χ2n) is 11.3. The van der Waals surface area contributed by atoms with Crippen LogP contribution in [0.2, 0.25) is 20.1 Å². The Morgan fingerprint density at radius 1 is 0.725 bits per heavy atom. The number of alkyl halides is 10. The number of hydrogen-bond acceptors (Lipinski definition) is 5. The van der Waals surface area contributed by atoms with Crippen LogP contribution < -0.4 is 0 Å².